The summed E-state index contributed by atoms with van der Waals surface area (Å²) in [4.78, 5) is 10.6. The number of halogens is 2. The summed E-state index contributed by atoms with van der Waals surface area (Å²) >= 11 is 9.53. The Morgan fingerprint density at radius 2 is 2.00 bits per heavy atom. The topological polar surface area (TPSA) is 29.0 Å². The SMILES string of the molecule is Cc1nc(Br)cc(N(C)Cc2ccccc2Cl)n1. The van der Waals surface area contributed by atoms with Gasteiger partial charge in [-0.2, -0.15) is 0 Å². The number of benzene rings is 1. The van der Waals surface area contributed by atoms with Gasteiger partial charge in [0.2, 0.25) is 0 Å². The van der Waals surface area contributed by atoms with E-state index >= 15 is 0 Å². The minimum absolute atomic E-state index is 0.711. The molecule has 94 valence electrons. The standard InChI is InChI=1S/C13H13BrClN3/c1-9-16-12(14)7-13(17-9)18(2)8-10-5-3-4-6-11(10)15/h3-7H,8H2,1-2H3. The van der Waals surface area contributed by atoms with Crippen LogP contribution in [0.2, 0.25) is 5.02 Å². The van der Waals surface area contributed by atoms with E-state index in [1.54, 1.807) is 0 Å². The lowest BCUT2D eigenvalue weighted by Crippen LogP contribution is -2.18. The molecule has 0 atom stereocenters. The highest BCUT2D eigenvalue weighted by atomic mass is 79.9. The first-order valence-electron chi connectivity index (χ1n) is 5.52. The van der Waals surface area contributed by atoms with Crippen LogP contribution in [0.3, 0.4) is 0 Å². The maximum absolute atomic E-state index is 6.15. The smallest absolute Gasteiger partial charge is 0.133 e. The Kier molecular flexibility index (Phi) is 4.19. The average molecular weight is 327 g/mol. The molecule has 0 saturated carbocycles. The third-order valence-corrected chi connectivity index (χ3v) is 3.32. The Balaban J connectivity index is 2.22. The van der Waals surface area contributed by atoms with Crippen LogP contribution < -0.4 is 4.90 Å². The van der Waals surface area contributed by atoms with Crippen molar-refractivity contribution in [2.45, 2.75) is 13.5 Å². The number of rotatable bonds is 3. The van der Waals surface area contributed by atoms with Crippen molar-refractivity contribution in [3.8, 4) is 0 Å². The van der Waals surface area contributed by atoms with Crippen LogP contribution in [0.5, 0.6) is 0 Å². The Bertz CT molecular complexity index is 539. The van der Waals surface area contributed by atoms with Crippen molar-refractivity contribution in [3.63, 3.8) is 0 Å². The molecular weight excluding hydrogens is 314 g/mol. The highest BCUT2D eigenvalue weighted by molar-refractivity contribution is 9.10. The molecule has 0 bridgehead atoms. The zero-order valence-corrected chi connectivity index (χ0v) is 12.5. The van der Waals surface area contributed by atoms with Gasteiger partial charge in [0.15, 0.2) is 0 Å². The van der Waals surface area contributed by atoms with Gasteiger partial charge in [0.1, 0.15) is 16.2 Å². The molecule has 5 heteroatoms. The van der Waals surface area contributed by atoms with Gasteiger partial charge in [-0.25, -0.2) is 9.97 Å². The minimum Gasteiger partial charge on any atom is -0.355 e. The first kappa shape index (κ1) is 13.3. The molecule has 0 unspecified atom stereocenters. The third-order valence-electron chi connectivity index (χ3n) is 2.55. The molecule has 0 fully saturated rings. The molecule has 0 N–H and O–H groups in total. The third kappa shape index (κ3) is 3.21. The van der Waals surface area contributed by atoms with Gasteiger partial charge >= 0.3 is 0 Å². The molecule has 2 aromatic rings. The predicted molar refractivity (Wildman–Crippen MR) is 78.0 cm³/mol. The van der Waals surface area contributed by atoms with Gasteiger partial charge in [0.25, 0.3) is 0 Å². The number of hydrogen-bond donors (Lipinski definition) is 0. The summed E-state index contributed by atoms with van der Waals surface area (Å²) < 4.78 is 0.788. The van der Waals surface area contributed by atoms with Gasteiger partial charge < -0.3 is 4.90 Å². The van der Waals surface area contributed by atoms with Gasteiger partial charge in [0.05, 0.1) is 0 Å². The second-order valence-electron chi connectivity index (χ2n) is 4.04. The van der Waals surface area contributed by atoms with Crippen molar-refractivity contribution < 1.29 is 0 Å². The second-order valence-corrected chi connectivity index (χ2v) is 5.26. The van der Waals surface area contributed by atoms with E-state index in [0.29, 0.717) is 6.54 Å². The summed E-state index contributed by atoms with van der Waals surface area (Å²) in [5.41, 5.74) is 1.08. The Morgan fingerprint density at radius 3 is 2.67 bits per heavy atom. The van der Waals surface area contributed by atoms with E-state index < -0.39 is 0 Å². The summed E-state index contributed by atoms with van der Waals surface area (Å²) in [5, 5.41) is 0.772. The second kappa shape index (κ2) is 5.67. The van der Waals surface area contributed by atoms with Crippen LogP contribution >= 0.6 is 27.5 Å². The van der Waals surface area contributed by atoms with Gasteiger partial charge in [0, 0.05) is 24.7 Å². The van der Waals surface area contributed by atoms with Gasteiger partial charge in [-0.1, -0.05) is 29.8 Å². The molecule has 0 aliphatic rings. The minimum atomic E-state index is 0.711. The molecule has 0 aliphatic carbocycles. The molecule has 18 heavy (non-hydrogen) atoms. The fraction of sp³-hybridized carbons (Fsp3) is 0.231. The normalized spacial score (nSPS) is 10.4. The quantitative estimate of drug-likeness (QED) is 0.803. The summed E-state index contributed by atoms with van der Waals surface area (Å²) in [6.45, 7) is 2.58. The largest absolute Gasteiger partial charge is 0.355 e. The Hall–Kier alpha value is -1.13. The number of anilines is 1. The van der Waals surface area contributed by atoms with Crippen LogP contribution in [0.25, 0.3) is 0 Å². The van der Waals surface area contributed by atoms with E-state index in [1.165, 1.54) is 0 Å². The first-order valence-corrected chi connectivity index (χ1v) is 6.69. The van der Waals surface area contributed by atoms with Gasteiger partial charge in [-0.15, -0.1) is 0 Å². The summed E-state index contributed by atoms with van der Waals surface area (Å²) in [5.74, 6) is 1.61. The summed E-state index contributed by atoms with van der Waals surface area (Å²) in [6.07, 6.45) is 0. The summed E-state index contributed by atoms with van der Waals surface area (Å²) in [6, 6.07) is 9.71. The highest BCUT2D eigenvalue weighted by Crippen LogP contribution is 2.21. The molecule has 1 aromatic carbocycles. The molecule has 3 nitrogen and oxygen atoms in total. The number of nitrogens with zero attached hydrogens (tertiary/aromatic N) is 3. The summed E-state index contributed by atoms with van der Waals surface area (Å²) in [7, 11) is 1.98. The average Bonchev–Trinajstić information content (AvgIpc) is 2.31. The fourth-order valence-corrected chi connectivity index (χ4v) is 2.33. The monoisotopic (exact) mass is 325 g/mol. The molecule has 1 heterocycles. The van der Waals surface area contributed by atoms with Crippen molar-refractivity contribution in [3.05, 3.63) is 51.3 Å². The van der Waals surface area contributed by atoms with Crippen LogP contribution in [-0.2, 0) is 6.54 Å². The number of aryl methyl sites for hydroxylation is 1. The van der Waals surface area contributed by atoms with Crippen LogP contribution in [0.1, 0.15) is 11.4 Å². The molecule has 0 radical (unpaired) electrons. The van der Waals surface area contributed by atoms with E-state index in [9.17, 15) is 0 Å². The number of aromatic nitrogens is 2. The van der Waals surface area contributed by atoms with Gasteiger partial charge in [-0.3, -0.25) is 0 Å². The molecule has 0 aliphatic heterocycles. The highest BCUT2D eigenvalue weighted by Gasteiger charge is 2.08. The van der Waals surface area contributed by atoms with Crippen molar-refractivity contribution >= 4 is 33.3 Å². The van der Waals surface area contributed by atoms with E-state index in [2.05, 4.69) is 25.9 Å². The lowest BCUT2D eigenvalue weighted by molar-refractivity contribution is 0.875. The van der Waals surface area contributed by atoms with Crippen molar-refractivity contribution in [1.29, 1.82) is 0 Å². The van der Waals surface area contributed by atoms with Crippen LogP contribution in [0.4, 0.5) is 5.82 Å². The lowest BCUT2D eigenvalue weighted by Gasteiger charge is -2.19. The van der Waals surface area contributed by atoms with Crippen LogP contribution in [0.15, 0.2) is 34.9 Å². The fourth-order valence-electron chi connectivity index (χ4n) is 1.68. The molecule has 2 rings (SSSR count). The van der Waals surface area contributed by atoms with E-state index in [1.807, 2.05) is 49.2 Å². The Labute approximate surface area is 120 Å². The molecule has 0 spiro atoms. The first-order chi connectivity index (χ1) is 8.56. The van der Waals surface area contributed by atoms with Crippen molar-refractivity contribution in [2.24, 2.45) is 0 Å². The van der Waals surface area contributed by atoms with Gasteiger partial charge in [-0.05, 0) is 34.5 Å². The van der Waals surface area contributed by atoms with Crippen molar-refractivity contribution in [1.82, 2.24) is 9.97 Å². The zero-order valence-electron chi connectivity index (χ0n) is 10.2. The van der Waals surface area contributed by atoms with Crippen molar-refractivity contribution in [2.75, 3.05) is 11.9 Å². The van der Waals surface area contributed by atoms with Crippen LogP contribution in [0, 0.1) is 6.92 Å². The molecule has 0 amide bonds. The maximum atomic E-state index is 6.15. The maximum Gasteiger partial charge on any atom is 0.133 e. The van der Waals surface area contributed by atoms with E-state index in [4.69, 9.17) is 11.6 Å². The lowest BCUT2D eigenvalue weighted by atomic mass is 10.2. The zero-order chi connectivity index (χ0) is 13.1. The Morgan fingerprint density at radius 1 is 1.28 bits per heavy atom. The predicted octanol–water partition coefficient (Wildman–Crippen LogP) is 3.84. The molecule has 1 aromatic heterocycles. The van der Waals surface area contributed by atoms with E-state index in [-0.39, 0.29) is 0 Å². The van der Waals surface area contributed by atoms with E-state index in [0.717, 1.165) is 26.8 Å². The number of hydrogen-bond acceptors (Lipinski definition) is 3. The van der Waals surface area contributed by atoms with Crippen LogP contribution in [-0.4, -0.2) is 17.0 Å². The molecular formula is C13H13BrClN3. The molecule has 0 saturated heterocycles.